The third-order valence-corrected chi connectivity index (χ3v) is 3.68. The smallest absolute Gasteiger partial charge is 0.271 e. The zero-order valence-electron chi connectivity index (χ0n) is 11.2. The number of nitrogens with zero attached hydrogens (tertiary/aromatic N) is 3. The van der Waals surface area contributed by atoms with Gasteiger partial charge in [0.15, 0.2) is 11.5 Å². The number of hydrogen-bond acceptors (Lipinski definition) is 5. The summed E-state index contributed by atoms with van der Waals surface area (Å²) in [5.74, 6) is 0.522. The molecule has 0 saturated carbocycles. The Morgan fingerprint density at radius 1 is 1.32 bits per heavy atom. The van der Waals surface area contributed by atoms with Crippen LogP contribution in [-0.2, 0) is 6.54 Å². The molecule has 0 radical (unpaired) electrons. The van der Waals surface area contributed by atoms with E-state index in [1.807, 2.05) is 11.9 Å². The Labute approximate surface area is 116 Å². The molecule has 2 aromatic rings. The average molecular weight is 276 g/mol. The molecular formula is C13H16N4OS. The van der Waals surface area contributed by atoms with Crippen molar-refractivity contribution in [1.82, 2.24) is 15.5 Å². The summed E-state index contributed by atoms with van der Waals surface area (Å²) in [7, 11) is 3.53. The van der Waals surface area contributed by atoms with E-state index >= 15 is 0 Å². The molecule has 0 unspecified atom stereocenters. The molecule has 2 heterocycles. The van der Waals surface area contributed by atoms with Gasteiger partial charge in [-0.15, -0.1) is 21.5 Å². The van der Waals surface area contributed by atoms with Gasteiger partial charge in [-0.3, -0.25) is 4.79 Å². The highest BCUT2D eigenvalue weighted by molar-refractivity contribution is 7.11. The number of thiophene rings is 1. The second-order valence-corrected chi connectivity index (χ2v) is 5.60. The van der Waals surface area contributed by atoms with Gasteiger partial charge >= 0.3 is 0 Å². The Hall–Kier alpha value is -1.95. The molecule has 0 atom stereocenters. The van der Waals surface area contributed by atoms with Crippen LogP contribution in [0.4, 0.5) is 5.82 Å². The minimum atomic E-state index is -0.226. The topological polar surface area (TPSA) is 58.1 Å². The SMILES string of the molecule is CNC(=O)c1ccc(N(C)Cc2ccc(C)s2)nn1. The molecule has 19 heavy (non-hydrogen) atoms. The van der Waals surface area contributed by atoms with E-state index in [1.54, 1.807) is 30.5 Å². The van der Waals surface area contributed by atoms with Crippen LogP contribution in [-0.4, -0.2) is 30.2 Å². The number of aryl methyl sites for hydroxylation is 1. The van der Waals surface area contributed by atoms with Gasteiger partial charge in [-0.1, -0.05) is 0 Å². The van der Waals surface area contributed by atoms with Crippen molar-refractivity contribution in [2.75, 3.05) is 19.0 Å². The van der Waals surface area contributed by atoms with E-state index in [0.29, 0.717) is 5.69 Å². The first-order valence-electron chi connectivity index (χ1n) is 5.92. The standard InChI is InChI=1S/C13H16N4OS/c1-9-4-5-10(19-9)8-17(3)12-7-6-11(15-16-12)13(18)14-2/h4-7H,8H2,1-3H3,(H,14,18). The van der Waals surface area contributed by atoms with Crippen molar-refractivity contribution in [2.24, 2.45) is 0 Å². The maximum absolute atomic E-state index is 11.4. The van der Waals surface area contributed by atoms with Crippen LogP contribution < -0.4 is 10.2 Å². The molecule has 5 nitrogen and oxygen atoms in total. The van der Waals surface area contributed by atoms with Crippen LogP contribution in [0.25, 0.3) is 0 Å². The fourth-order valence-electron chi connectivity index (χ4n) is 1.66. The van der Waals surface area contributed by atoms with Crippen molar-refractivity contribution in [3.63, 3.8) is 0 Å². The maximum atomic E-state index is 11.4. The second-order valence-electron chi connectivity index (χ2n) is 4.22. The molecule has 0 bridgehead atoms. The highest BCUT2D eigenvalue weighted by Gasteiger charge is 2.09. The van der Waals surface area contributed by atoms with Gasteiger partial charge in [-0.2, -0.15) is 0 Å². The molecule has 0 fully saturated rings. The molecule has 6 heteroatoms. The molecule has 0 aliphatic heterocycles. The first-order chi connectivity index (χ1) is 9.10. The van der Waals surface area contributed by atoms with E-state index in [4.69, 9.17) is 0 Å². The fraction of sp³-hybridized carbons (Fsp3) is 0.308. The monoisotopic (exact) mass is 276 g/mol. The Bertz CT molecular complexity index is 564. The number of carbonyl (C=O) groups is 1. The van der Waals surface area contributed by atoms with Gasteiger partial charge in [0.05, 0.1) is 6.54 Å². The zero-order chi connectivity index (χ0) is 13.8. The summed E-state index contributed by atoms with van der Waals surface area (Å²) in [5, 5.41) is 10.5. The van der Waals surface area contributed by atoms with Gasteiger partial charge in [0.25, 0.3) is 5.91 Å². The molecule has 1 amide bonds. The van der Waals surface area contributed by atoms with Crippen LogP contribution in [0.15, 0.2) is 24.3 Å². The van der Waals surface area contributed by atoms with Crippen molar-refractivity contribution < 1.29 is 4.79 Å². The van der Waals surface area contributed by atoms with Crippen LogP contribution >= 0.6 is 11.3 Å². The molecule has 2 aromatic heterocycles. The summed E-state index contributed by atoms with van der Waals surface area (Å²) in [5.41, 5.74) is 0.326. The van der Waals surface area contributed by atoms with E-state index in [1.165, 1.54) is 9.75 Å². The lowest BCUT2D eigenvalue weighted by Gasteiger charge is -2.16. The lowest BCUT2D eigenvalue weighted by atomic mass is 10.3. The predicted octanol–water partition coefficient (Wildman–Crippen LogP) is 1.84. The summed E-state index contributed by atoms with van der Waals surface area (Å²) < 4.78 is 0. The van der Waals surface area contributed by atoms with Crippen LogP contribution in [0, 0.1) is 6.92 Å². The highest BCUT2D eigenvalue weighted by atomic mass is 32.1. The number of anilines is 1. The minimum absolute atomic E-state index is 0.226. The Morgan fingerprint density at radius 2 is 2.11 bits per heavy atom. The molecule has 0 spiro atoms. The number of carbonyl (C=O) groups excluding carboxylic acids is 1. The summed E-state index contributed by atoms with van der Waals surface area (Å²) in [6, 6.07) is 7.70. The molecule has 0 aliphatic carbocycles. The molecule has 1 N–H and O–H groups in total. The average Bonchev–Trinajstić information content (AvgIpc) is 2.83. The van der Waals surface area contributed by atoms with Gasteiger partial charge in [0.1, 0.15) is 0 Å². The second kappa shape index (κ2) is 5.79. The molecule has 2 rings (SSSR count). The Kier molecular flexibility index (Phi) is 4.11. The summed E-state index contributed by atoms with van der Waals surface area (Å²) in [4.78, 5) is 15.9. The summed E-state index contributed by atoms with van der Waals surface area (Å²) in [6.45, 7) is 2.87. The van der Waals surface area contributed by atoms with Gasteiger partial charge in [0, 0.05) is 23.8 Å². The molecule has 0 aromatic carbocycles. The predicted molar refractivity (Wildman–Crippen MR) is 76.6 cm³/mol. The lowest BCUT2D eigenvalue weighted by molar-refractivity contribution is 0.0957. The quantitative estimate of drug-likeness (QED) is 0.925. The highest BCUT2D eigenvalue weighted by Crippen LogP contribution is 2.19. The fourth-order valence-corrected chi connectivity index (χ4v) is 2.61. The van der Waals surface area contributed by atoms with Crippen molar-refractivity contribution in [3.8, 4) is 0 Å². The van der Waals surface area contributed by atoms with Crippen LogP contribution in [0.1, 0.15) is 20.2 Å². The van der Waals surface area contributed by atoms with Crippen molar-refractivity contribution in [3.05, 3.63) is 39.7 Å². The van der Waals surface area contributed by atoms with E-state index in [0.717, 1.165) is 12.4 Å². The number of amides is 1. The normalized spacial score (nSPS) is 10.3. The van der Waals surface area contributed by atoms with E-state index in [9.17, 15) is 4.79 Å². The molecule has 0 aliphatic rings. The third kappa shape index (κ3) is 3.29. The zero-order valence-corrected chi connectivity index (χ0v) is 12.0. The first-order valence-corrected chi connectivity index (χ1v) is 6.74. The Morgan fingerprint density at radius 3 is 2.63 bits per heavy atom. The van der Waals surface area contributed by atoms with Gasteiger partial charge in [0.2, 0.25) is 0 Å². The van der Waals surface area contributed by atoms with Crippen molar-refractivity contribution in [2.45, 2.75) is 13.5 Å². The van der Waals surface area contributed by atoms with Crippen molar-refractivity contribution >= 4 is 23.1 Å². The lowest BCUT2D eigenvalue weighted by Crippen LogP contribution is -2.21. The molecular weight excluding hydrogens is 260 g/mol. The Balaban J connectivity index is 2.07. The number of aromatic nitrogens is 2. The third-order valence-electron chi connectivity index (χ3n) is 2.69. The molecule has 0 saturated heterocycles. The van der Waals surface area contributed by atoms with E-state index < -0.39 is 0 Å². The molecule has 100 valence electrons. The summed E-state index contributed by atoms with van der Waals surface area (Å²) in [6.07, 6.45) is 0. The summed E-state index contributed by atoms with van der Waals surface area (Å²) >= 11 is 1.77. The maximum Gasteiger partial charge on any atom is 0.271 e. The van der Waals surface area contributed by atoms with E-state index in [2.05, 4.69) is 34.6 Å². The largest absolute Gasteiger partial charge is 0.354 e. The van der Waals surface area contributed by atoms with Gasteiger partial charge in [-0.05, 0) is 31.2 Å². The first kappa shape index (κ1) is 13.5. The van der Waals surface area contributed by atoms with Crippen LogP contribution in [0.5, 0.6) is 0 Å². The number of nitrogens with one attached hydrogen (secondary N) is 1. The van der Waals surface area contributed by atoms with Gasteiger partial charge < -0.3 is 10.2 Å². The number of rotatable bonds is 4. The van der Waals surface area contributed by atoms with Crippen LogP contribution in [0.3, 0.4) is 0 Å². The van der Waals surface area contributed by atoms with E-state index in [-0.39, 0.29) is 5.91 Å². The van der Waals surface area contributed by atoms with Gasteiger partial charge in [-0.25, -0.2) is 0 Å². The number of hydrogen-bond donors (Lipinski definition) is 1. The van der Waals surface area contributed by atoms with Crippen LogP contribution in [0.2, 0.25) is 0 Å². The minimum Gasteiger partial charge on any atom is -0.354 e. The van der Waals surface area contributed by atoms with Crippen molar-refractivity contribution in [1.29, 1.82) is 0 Å².